The standard InChI is InChI=1S/C18H16BrClO4/c1-2-23-16-9-12(7-8-18(21)22)14(19)10-17(16)24-11-13-5-3-4-6-15(13)20/h3-10H,2,11H2,1H3,(H,21,22). The van der Waals surface area contributed by atoms with Crippen LogP contribution in [0.15, 0.2) is 46.9 Å². The van der Waals surface area contributed by atoms with Crippen molar-refractivity contribution in [3.8, 4) is 11.5 Å². The summed E-state index contributed by atoms with van der Waals surface area (Å²) in [6.45, 7) is 2.63. The van der Waals surface area contributed by atoms with Crippen LogP contribution in [-0.4, -0.2) is 17.7 Å². The fraction of sp³-hybridized carbons (Fsp3) is 0.167. The van der Waals surface area contributed by atoms with Gasteiger partial charge in [-0.2, -0.15) is 0 Å². The minimum Gasteiger partial charge on any atom is -0.490 e. The van der Waals surface area contributed by atoms with Gasteiger partial charge in [-0.15, -0.1) is 0 Å². The molecule has 2 aromatic rings. The Morgan fingerprint density at radius 1 is 1.25 bits per heavy atom. The van der Waals surface area contributed by atoms with E-state index >= 15 is 0 Å². The number of hydrogen-bond acceptors (Lipinski definition) is 3. The van der Waals surface area contributed by atoms with Crippen LogP contribution in [0.25, 0.3) is 6.08 Å². The third-order valence-electron chi connectivity index (χ3n) is 3.11. The van der Waals surface area contributed by atoms with Gasteiger partial charge in [0.1, 0.15) is 6.61 Å². The quantitative estimate of drug-likeness (QED) is 0.638. The number of hydrogen-bond donors (Lipinski definition) is 1. The molecule has 2 aromatic carbocycles. The molecule has 0 fully saturated rings. The van der Waals surface area contributed by atoms with Gasteiger partial charge in [-0.05, 0) is 36.8 Å². The monoisotopic (exact) mass is 410 g/mol. The molecule has 126 valence electrons. The van der Waals surface area contributed by atoms with Gasteiger partial charge in [-0.3, -0.25) is 0 Å². The van der Waals surface area contributed by atoms with E-state index in [-0.39, 0.29) is 0 Å². The second-order valence-electron chi connectivity index (χ2n) is 4.81. The molecule has 0 aliphatic heterocycles. The molecule has 0 bridgehead atoms. The van der Waals surface area contributed by atoms with Crippen molar-refractivity contribution in [3.05, 3.63) is 63.1 Å². The summed E-state index contributed by atoms with van der Waals surface area (Å²) in [6, 6.07) is 10.9. The molecule has 24 heavy (non-hydrogen) atoms. The Labute approximate surface area is 153 Å². The third-order valence-corrected chi connectivity index (χ3v) is 4.16. The van der Waals surface area contributed by atoms with E-state index in [1.807, 2.05) is 25.1 Å². The number of aliphatic carboxylic acids is 1. The van der Waals surface area contributed by atoms with Gasteiger partial charge < -0.3 is 14.6 Å². The summed E-state index contributed by atoms with van der Waals surface area (Å²) < 4.78 is 12.1. The first-order valence-electron chi connectivity index (χ1n) is 7.24. The van der Waals surface area contributed by atoms with Gasteiger partial charge in [0, 0.05) is 21.1 Å². The lowest BCUT2D eigenvalue weighted by atomic mass is 10.2. The summed E-state index contributed by atoms with van der Waals surface area (Å²) in [7, 11) is 0. The van der Waals surface area contributed by atoms with E-state index in [9.17, 15) is 4.79 Å². The molecule has 0 aliphatic carbocycles. The molecule has 0 amide bonds. The SMILES string of the molecule is CCOc1cc(C=CC(=O)O)c(Br)cc1OCc1ccccc1Cl. The van der Waals surface area contributed by atoms with Crippen molar-refractivity contribution >= 4 is 39.6 Å². The van der Waals surface area contributed by atoms with Gasteiger partial charge in [0.2, 0.25) is 0 Å². The molecule has 0 aliphatic rings. The van der Waals surface area contributed by atoms with Gasteiger partial charge in [0.15, 0.2) is 11.5 Å². The topological polar surface area (TPSA) is 55.8 Å². The van der Waals surface area contributed by atoms with E-state index < -0.39 is 5.97 Å². The molecule has 0 saturated heterocycles. The van der Waals surface area contributed by atoms with E-state index in [1.54, 1.807) is 18.2 Å². The highest BCUT2D eigenvalue weighted by Gasteiger charge is 2.11. The second kappa shape index (κ2) is 8.76. The summed E-state index contributed by atoms with van der Waals surface area (Å²) in [5.41, 5.74) is 1.55. The Morgan fingerprint density at radius 3 is 2.62 bits per heavy atom. The minimum atomic E-state index is -1.01. The van der Waals surface area contributed by atoms with E-state index in [1.165, 1.54) is 6.08 Å². The molecule has 0 aromatic heterocycles. The van der Waals surface area contributed by atoms with Gasteiger partial charge in [-0.25, -0.2) is 4.79 Å². The van der Waals surface area contributed by atoms with Crippen LogP contribution >= 0.6 is 27.5 Å². The second-order valence-corrected chi connectivity index (χ2v) is 6.07. The zero-order valence-electron chi connectivity index (χ0n) is 13.0. The van der Waals surface area contributed by atoms with E-state index in [0.717, 1.165) is 11.6 Å². The summed E-state index contributed by atoms with van der Waals surface area (Å²) in [4.78, 5) is 10.7. The summed E-state index contributed by atoms with van der Waals surface area (Å²) >= 11 is 9.55. The van der Waals surface area contributed by atoms with Crippen LogP contribution in [-0.2, 0) is 11.4 Å². The molecule has 0 spiro atoms. The Kier molecular flexibility index (Phi) is 6.70. The van der Waals surface area contributed by atoms with Crippen LogP contribution in [0.1, 0.15) is 18.1 Å². The summed E-state index contributed by atoms with van der Waals surface area (Å²) in [5, 5.41) is 9.39. The zero-order chi connectivity index (χ0) is 17.5. The van der Waals surface area contributed by atoms with Crippen LogP contribution in [0.3, 0.4) is 0 Å². The minimum absolute atomic E-state index is 0.302. The highest BCUT2D eigenvalue weighted by molar-refractivity contribution is 9.10. The van der Waals surface area contributed by atoms with Gasteiger partial charge >= 0.3 is 5.97 Å². The molecule has 0 unspecified atom stereocenters. The Hall–Kier alpha value is -1.98. The lowest BCUT2D eigenvalue weighted by molar-refractivity contribution is -0.131. The molecular formula is C18H16BrClO4. The third kappa shape index (κ3) is 5.01. The molecule has 2 rings (SSSR count). The molecule has 4 nitrogen and oxygen atoms in total. The van der Waals surface area contributed by atoms with Gasteiger partial charge in [0.05, 0.1) is 6.61 Å². The van der Waals surface area contributed by atoms with Crippen LogP contribution in [0.5, 0.6) is 11.5 Å². The maximum absolute atomic E-state index is 10.7. The number of rotatable bonds is 7. The van der Waals surface area contributed by atoms with E-state index in [2.05, 4.69) is 15.9 Å². The van der Waals surface area contributed by atoms with Crippen molar-refractivity contribution in [3.63, 3.8) is 0 Å². The number of carbonyl (C=O) groups is 1. The molecule has 6 heteroatoms. The highest BCUT2D eigenvalue weighted by Crippen LogP contribution is 2.35. The molecule has 0 saturated carbocycles. The predicted octanol–water partition coefficient (Wildman–Crippen LogP) is 5.18. The molecule has 0 radical (unpaired) electrons. The van der Waals surface area contributed by atoms with Crippen LogP contribution in [0.2, 0.25) is 5.02 Å². The lowest BCUT2D eigenvalue weighted by Gasteiger charge is -2.14. The van der Waals surface area contributed by atoms with Crippen molar-refractivity contribution < 1.29 is 19.4 Å². The normalized spacial score (nSPS) is 10.8. The highest BCUT2D eigenvalue weighted by atomic mass is 79.9. The Morgan fingerprint density at radius 2 is 1.96 bits per heavy atom. The largest absolute Gasteiger partial charge is 0.490 e. The van der Waals surface area contributed by atoms with Crippen molar-refractivity contribution in [1.82, 2.24) is 0 Å². The molecular weight excluding hydrogens is 396 g/mol. The van der Waals surface area contributed by atoms with Crippen LogP contribution in [0.4, 0.5) is 0 Å². The molecule has 0 atom stereocenters. The fourth-order valence-corrected chi connectivity index (χ4v) is 2.64. The predicted molar refractivity (Wildman–Crippen MR) is 97.8 cm³/mol. The van der Waals surface area contributed by atoms with Crippen molar-refractivity contribution in [2.75, 3.05) is 6.61 Å². The van der Waals surface area contributed by atoms with Crippen molar-refractivity contribution in [2.45, 2.75) is 13.5 Å². The smallest absolute Gasteiger partial charge is 0.328 e. The maximum atomic E-state index is 10.7. The molecule has 1 N–H and O–H groups in total. The first-order chi connectivity index (χ1) is 11.5. The number of halogens is 2. The van der Waals surface area contributed by atoms with Crippen LogP contribution in [0, 0.1) is 0 Å². The average Bonchev–Trinajstić information content (AvgIpc) is 2.55. The number of benzene rings is 2. The Bertz CT molecular complexity index is 759. The Balaban J connectivity index is 2.26. The average molecular weight is 412 g/mol. The van der Waals surface area contributed by atoms with E-state index in [4.69, 9.17) is 26.2 Å². The summed E-state index contributed by atoms with van der Waals surface area (Å²) in [5.74, 6) is 0.0767. The van der Waals surface area contributed by atoms with Crippen LogP contribution < -0.4 is 9.47 Å². The maximum Gasteiger partial charge on any atom is 0.328 e. The first kappa shape index (κ1) is 18.4. The van der Waals surface area contributed by atoms with Gasteiger partial charge in [-0.1, -0.05) is 45.7 Å². The van der Waals surface area contributed by atoms with E-state index in [0.29, 0.717) is 39.8 Å². The number of carboxylic acid groups (broad SMARTS) is 1. The summed E-state index contributed by atoms with van der Waals surface area (Å²) in [6.07, 6.45) is 2.56. The van der Waals surface area contributed by atoms with Crippen molar-refractivity contribution in [2.24, 2.45) is 0 Å². The fourth-order valence-electron chi connectivity index (χ4n) is 1.99. The lowest BCUT2D eigenvalue weighted by Crippen LogP contribution is -2.01. The molecule has 0 heterocycles. The van der Waals surface area contributed by atoms with Crippen molar-refractivity contribution in [1.29, 1.82) is 0 Å². The number of carboxylic acids is 1. The zero-order valence-corrected chi connectivity index (χ0v) is 15.3. The van der Waals surface area contributed by atoms with Gasteiger partial charge in [0.25, 0.3) is 0 Å². The first-order valence-corrected chi connectivity index (χ1v) is 8.42. The number of ether oxygens (including phenoxy) is 2.